The van der Waals surface area contributed by atoms with Crippen LogP contribution in [0.4, 0.5) is 5.69 Å². The maximum Gasteiger partial charge on any atom is 0.251 e. The third-order valence-electron chi connectivity index (χ3n) is 3.71. The van der Waals surface area contributed by atoms with Crippen molar-refractivity contribution in [2.24, 2.45) is 0 Å². The van der Waals surface area contributed by atoms with E-state index in [9.17, 15) is 4.79 Å². The van der Waals surface area contributed by atoms with Crippen LogP contribution in [0.1, 0.15) is 55.8 Å². The number of nitrogen functional groups attached to an aromatic ring is 1. The van der Waals surface area contributed by atoms with Crippen molar-refractivity contribution in [3.8, 4) is 5.75 Å². The van der Waals surface area contributed by atoms with Gasteiger partial charge >= 0.3 is 0 Å². The lowest BCUT2D eigenvalue weighted by Gasteiger charge is -2.18. The number of nitrogens with one attached hydrogen (secondary N) is 1. The van der Waals surface area contributed by atoms with Gasteiger partial charge in [0.15, 0.2) is 0 Å². The van der Waals surface area contributed by atoms with Gasteiger partial charge in [0.25, 0.3) is 5.91 Å². The lowest BCUT2D eigenvalue weighted by atomic mass is 10.1. The molecule has 0 spiro atoms. The summed E-state index contributed by atoms with van der Waals surface area (Å²) in [5, 5.41) is 2.79. The van der Waals surface area contributed by atoms with Crippen molar-refractivity contribution in [3.63, 3.8) is 0 Å². The van der Waals surface area contributed by atoms with E-state index in [1.807, 2.05) is 6.92 Å². The molecule has 20 heavy (non-hydrogen) atoms. The van der Waals surface area contributed by atoms with E-state index in [0.29, 0.717) is 23.5 Å². The van der Waals surface area contributed by atoms with Crippen LogP contribution in [-0.2, 0) is 0 Å². The second-order valence-corrected chi connectivity index (χ2v) is 5.34. The van der Waals surface area contributed by atoms with E-state index in [-0.39, 0.29) is 12.0 Å². The minimum Gasteiger partial charge on any atom is -0.488 e. The molecule has 0 atom stereocenters. The Bertz CT molecular complexity index is 452. The second kappa shape index (κ2) is 7.17. The first-order valence-electron chi connectivity index (χ1n) is 7.55. The summed E-state index contributed by atoms with van der Waals surface area (Å²) in [7, 11) is 0. The summed E-state index contributed by atoms with van der Waals surface area (Å²) < 4.78 is 6.03. The molecule has 0 unspecified atom stereocenters. The molecule has 1 aromatic carbocycles. The zero-order chi connectivity index (χ0) is 14.4. The molecule has 1 fully saturated rings. The van der Waals surface area contributed by atoms with Crippen LogP contribution in [0.3, 0.4) is 0 Å². The van der Waals surface area contributed by atoms with Gasteiger partial charge in [0.2, 0.25) is 0 Å². The Balaban J connectivity index is 2.09. The van der Waals surface area contributed by atoms with Gasteiger partial charge in [-0.3, -0.25) is 4.79 Å². The molecule has 1 aromatic rings. The highest BCUT2D eigenvalue weighted by Crippen LogP contribution is 2.28. The molecule has 2 rings (SSSR count). The van der Waals surface area contributed by atoms with Crippen LogP contribution in [0.15, 0.2) is 18.2 Å². The van der Waals surface area contributed by atoms with E-state index in [0.717, 1.165) is 12.8 Å². The fraction of sp³-hybridized carbons (Fsp3) is 0.562. The number of nitrogens with two attached hydrogens (primary N) is 1. The second-order valence-electron chi connectivity index (χ2n) is 5.34. The number of benzene rings is 1. The van der Waals surface area contributed by atoms with Crippen LogP contribution >= 0.6 is 0 Å². The predicted molar refractivity (Wildman–Crippen MR) is 81.0 cm³/mol. The first kappa shape index (κ1) is 14.7. The molecular formula is C16H24N2O2. The lowest BCUT2D eigenvalue weighted by Crippen LogP contribution is -2.23. The normalized spacial score (nSPS) is 16.4. The molecule has 1 saturated carbocycles. The molecule has 0 aromatic heterocycles. The molecule has 0 radical (unpaired) electrons. The van der Waals surface area contributed by atoms with Crippen LogP contribution in [0.2, 0.25) is 0 Å². The first-order valence-corrected chi connectivity index (χ1v) is 7.55. The molecule has 0 saturated heterocycles. The van der Waals surface area contributed by atoms with E-state index in [1.54, 1.807) is 18.2 Å². The van der Waals surface area contributed by atoms with Crippen molar-refractivity contribution in [3.05, 3.63) is 23.8 Å². The molecular weight excluding hydrogens is 252 g/mol. The summed E-state index contributed by atoms with van der Waals surface area (Å²) in [4.78, 5) is 11.8. The van der Waals surface area contributed by atoms with Crippen LogP contribution < -0.4 is 15.8 Å². The van der Waals surface area contributed by atoms with Crippen molar-refractivity contribution in [1.29, 1.82) is 0 Å². The van der Waals surface area contributed by atoms with Crippen LogP contribution in [-0.4, -0.2) is 18.6 Å². The van der Waals surface area contributed by atoms with E-state index in [4.69, 9.17) is 10.5 Å². The summed E-state index contributed by atoms with van der Waals surface area (Å²) in [5.74, 6) is 0.555. The van der Waals surface area contributed by atoms with Crippen LogP contribution in [0.25, 0.3) is 0 Å². The number of amides is 1. The molecule has 1 aliphatic rings. The predicted octanol–water partition coefficient (Wildman–Crippen LogP) is 3.12. The van der Waals surface area contributed by atoms with E-state index in [2.05, 4.69) is 5.32 Å². The molecule has 1 aliphatic carbocycles. The maximum atomic E-state index is 11.8. The minimum atomic E-state index is -0.0850. The average molecular weight is 276 g/mol. The Kier molecular flexibility index (Phi) is 5.27. The summed E-state index contributed by atoms with van der Waals surface area (Å²) in [6, 6.07) is 5.24. The molecule has 1 amide bonds. The van der Waals surface area contributed by atoms with Crippen molar-refractivity contribution in [2.75, 3.05) is 12.3 Å². The molecule has 110 valence electrons. The maximum absolute atomic E-state index is 11.8. The van der Waals surface area contributed by atoms with Crippen LogP contribution in [0, 0.1) is 0 Å². The van der Waals surface area contributed by atoms with Gasteiger partial charge in [-0.25, -0.2) is 0 Å². The first-order chi connectivity index (χ1) is 9.70. The molecule has 0 aliphatic heterocycles. The van der Waals surface area contributed by atoms with Gasteiger partial charge in [-0.2, -0.15) is 0 Å². The number of anilines is 1. The number of hydrogen-bond donors (Lipinski definition) is 2. The number of carbonyl (C=O) groups is 1. The largest absolute Gasteiger partial charge is 0.488 e. The van der Waals surface area contributed by atoms with Gasteiger partial charge in [-0.15, -0.1) is 0 Å². The van der Waals surface area contributed by atoms with E-state index >= 15 is 0 Å². The Morgan fingerprint density at radius 2 is 2.00 bits per heavy atom. The van der Waals surface area contributed by atoms with Gasteiger partial charge in [-0.1, -0.05) is 12.8 Å². The molecule has 4 nitrogen and oxygen atoms in total. The van der Waals surface area contributed by atoms with Crippen molar-refractivity contribution < 1.29 is 9.53 Å². The zero-order valence-electron chi connectivity index (χ0n) is 12.2. The fourth-order valence-corrected chi connectivity index (χ4v) is 2.58. The third-order valence-corrected chi connectivity index (χ3v) is 3.71. The van der Waals surface area contributed by atoms with Crippen molar-refractivity contribution in [2.45, 2.75) is 51.6 Å². The topological polar surface area (TPSA) is 64.4 Å². The van der Waals surface area contributed by atoms with Gasteiger partial charge in [0, 0.05) is 12.1 Å². The van der Waals surface area contributed by atoms with Crippen molar-refractivity contribution >= 4 is 11.6 Å². The fourth-order valence-electron chi connectivity index (χ4n) is 2.58. The molecule has 4 heteroatoms. The summed E-state index contributed by atoms with van der Waals surface area (Å²) in [6.07, 6.45) is 7.36. The lowest BCUT2D eigenvalue weighted by molar-refractivity contribution is 0.0955. The standard InChI is InChI=1S/C16H24N2O2/c1-2-18-16(19)12-9-10-14(17)15(11-12)20-13-7-5-3-4-6-8-13/h9-11,13H,2-8,17H2,1H3,(H,18,19). The smallest absolute Gasteiger partial charge is 0.251 e. The molecule has 0 heterocycles. The minimum absolute atomic E-state index is 0.0850. The van der Waals surface area contributed by atoms with Crippen molar-refractivity contribution in [1.82, 2.24) is 5.32 Å². The number of rotatable bonds is 4. The Hall–Kier alpha value is -1.71. The van der Waals surface area contributed by atoms with Gasteiger partial charge in [-0.05, 0) is 50.8 Å². The Morgan fingerprint density at radius 1 is 1.30 bits per heavy atom. The van der Waals surface area contributed by atoms with Crippen LogP contribution in [0.5, 0.6) is 5.75 Å². The summed E-state index contributed by atoms with van der Waals surface area (Å²) in [6.45, 7) is 2.51. The highest BCUT2D eigenvalue weighted by molar-refractivity contribution is 5.95. The SMILES string of the molecule is CCNC(=O)c1ccc(N)c(OC2CCCCCC2)c1. The number of ether oxygens (including phenoxy) is 1. The zero-order valence-corrected chi connectivity index (χ0v) is 12.2. The average Bonchev–Trinajstić information content (AvgIpc) is 2.70. The monoisotopic (exact) mass is 276 g/mol. The Morgan fingerprint density at radius 3 is 2.65 bits per heavy atom. The van der Waals surface area contributed by atoms with Gasteiger partial charge in [0.05, 0.1) is 11.8 Å². The molecule has 3 N–H and O–H groups in total. The summed E-state index contributed by atoms with van der Waals surface area (Å²) >= 11 is 0. The number of carbonyl (C=O) groups excluding carboxylic acids is 1. The molecule has 0 bridgehead atoms. The van der Waals surface area contributed by atoms with E-state index in [1.165, 1.54) is 25.7 Å². The number of hydrogen-bond acceptors (Lipinski definition) is 3. The third kappa shape index (κ3) is 3.89. The quantitative estimate of drug-likeness (QED) is 0.656. The van der Waals surface area contributed by atoms with Gasteiger partial charge in [0.1, 0.15) is 5.75 Å². The Labute approximate surface area is 120 Å². The highest BCUT2D eigenvalue weighted by atomic mass is 16.5. The summed E-state index contributed by atoms with van der Waals surface area (Å²) in [5.41, 5.74) is 7.16. The van der Waals surface area contributed by atoms with E-state index < -0.39 is 0 Å². The highest BCUT2D eigenvalue weighted by Gasteiger charge is 2.16. The van der Waals surface area contributed by atoms with Gasteiger partial charge < -0.3 is 15.8 Å².